The molecule has 0 aromatic carbocycles. The normalized spacial score (nSPS) is 15.4. The molecule has 0 spiro atoms. The van der Waals surface area contributed by atoms with Gasteiger partial charge in [0.1, 0.15) is 0 Å². The van der Waals surface area contributed by atoms with Gasteiger partial charge in [-0.1, -0.05) is 13.3 Å². The van der Waals surface area contributed by atoms with Gasteiger partial charge in [0.05, 0.1) is 5.75 Å². The van der Waals surface area contributed by atoms with Crippen LogP contribution in [0.3, 0.4) is 0 Å². The maximum Gasteiger partial charge on any atom is 0.209 e. The van der Waals surface area contributed by atoms with Crippen molar-refractivity contribution in [2.24, 2.45) is 11.1 Å². The molecule has 1 atom stereocenters. The van der Waals surface area contributed by atoms with Crippen LogP contribution in [0.2, 0.25) is 0 Å². The molecule has 0 aromatic rings. The third-order valence-electron chi connectivity index (χ3n) is 1.05. The van der Waals surface area contributed by atoms with E-state index in [9.17, 15) is 8.42 Å². The highest BCUT2D eigenvalue weighted by Gasteiger charge is 2.07. The van der Waals surface area contributed by atoms with Gasteiger partial charge < -0.3 is 0 Å². The molecule has 0 amide bonds. The number of primary sulfonamides is 1. The Labute approximate surface area is 56.3 Å². The molecule has 1 unspecified atom stereocenters. The van der Waals surface area contributed by atoms with Gasteiger partial charge in [0, 0.05) is 0 Å². The van der Waals surface area contributed by atoms with E-state index >= 15 is 0 Å². The average Bonchev–Trinajstić information content (AvgIpc) is 1.62. The first-order valence-corrected chi connectivity index (χ1v) is 4.50. The molecule has 3 nitrogen and oxygen atoms in total. The molecule has 4 heteroatoms. The monoisotopic (exact) mass is 150 g/mol. The first kappa shape index (κ1) is 8.91. The fourth-order valence-electron chi connectivity index (χ4n) is 0.446. The van der Waals surface area contributed by atoms with Crippen molar-refractivity contribution in [1.82, 2.24) is 0 Å². The Kier molecular flexibility index (Phi) is 3.14. The summed E-state index contributed by atoms with van der Waals surface area (Å²) in [6.07, 6.45) is 0.746. The van der Waals surface area contributed by atoms with Crippen molar-refractivity contribution in [1.29, 1.82) is 0 Å². The van der Waals surface area contributed by atoms with Crippen LogP contribution >= 0.6 is 0 Å². The topological polar surface area (TPSA) is 60.2 Å². The zero-order valence-corrected chi connectivity index (χ0v) is 6.32. The SMILES string of the molecule is [CH2]C(CC)CS(N)(=O)=O. The van der Waals surface area contributed by atoms with E-state index in [1.165, 1.54) is 0 Å². The van der Waals surface area contributed by atoms with E-state index in [0.717, 1.165) is 6.42 Å². The molecule has 0 rings (SSSR count). The van der Waals surface area contributed by atoms with E-state index in [1.807, 2.05) is 6.92 Å². The predicted molar refractivity (Wildman–Crippen MR) is 37.1 cm³/mol. The maximum absolute atomic E-state index is 10.3. The smallest absolute Gasteiger partial charge is 0.209 e. The van der Waals surface area contributed by atoms with Crippen LogP contribution in [-0.2, 0) is 10.0 Å². The third-order valence-corrected chi connectivity index (χ3v) is 1.98. The molecule has 0 aliphatic rings. The standard InChI is InChI=1S/C5H12NO2S/c1-3-5(2)4-9(6,7)8/h5H,2-4H2,1H3,(H2,6,7,8). The molecule has 55 valence electrons. The number of hydrogen-bond donors (Lipinski definition) is 1. The summed E-state index contributed by atoms with van der Waals surface area (Å²) in [5, 5.41) is 4.74. The third kappa shape index (κ3) is 5.79. The summed E-state index contributed by atoms with van der Waals surface area (Å²) >= 11 is 0. The Balaban J connectivity index is 3.75. The molecular formula is C5H12NO2S. The summed E-state index contributed by atoms with van der Waals surface area (Å²) in [6, 6.07) is 0. The maximum atomic E-state index is 10.3. The van der Waals surface area contributed by atoms with Gasteiger partial charge in [0.25, 0.3) is 0 Å². The van der Waals surface area contributed by atoms with E-state index in [1.54, 1.807) is 0 Å². The highest BCUT2D eigenvalue weighted by atomic mass is 32.2. The molecule has 1 radical (unpaired) electrons. The zero-order chi connectivity index (χ0) is 7.49. The van der Waals surface area contributed by atoms with E-state index < -0.39 is 10.0 Å². The molecule has 0 bridgehead atoms. The Morgan fingerprint density at radius 3 is 2.22 bits per heavy atom. The Morgan fingerprint density at radius 1 is 1.67 bits per heavy atom. The first-order chi connectivity index (χ1) is 3.95. The van der Waals surface area contributed by atoms with Crippen molar-refractivity contribution in [3.05, 3.63) is 6.92 Å². The minimum Gasteiger partial charge on any atom is -0.229 e. The Bertz CT molecular complexity index is 162. The molecule has 0 aliphatic carbocycles. The summed E-state index contributed by atoms with van der Waals surface area (Å²) in [5.74, 6) is -0.0799. The van der Waals surface area contributed by atoms with Crippen molar-refractivity contribution in [2.45, 2.75) is 13.3 Å². The molecule has 0 heterocycles. The second kappa shape index (κ2) is 3.17. The van der Waals surface area contributed by atoms with Crippen molar-refractivity contribution < 1.29 is 8.42 Å². The van der Waals surface area contributed by atoms with E-state index in [2.05, 4.69) is 6.92 Å². The summed E-state index contributed by atoms with van der Waals surface area (Å²) < 4.78 is 20.7. The quantitative estimate of drug-likeness (QED) is 0.622. The summed E-state index contributed by atoms with van der Waals surface area (Å²) in [4.78, 5) is 0. The second-order valence-corrected chi connectivity index (χ2v) is 3.76. The molecule has 9 heavy (non-hydrogen) atoms. The number of sulfonamides is 1. The van der Waals surface area contributed by atoms with Crippen LogP contribution in [0, 0.1) is 12.8 Å². The van der Waals surface area contributed by atoms with Gasteiger partial charge in [-0.05, 0) is 12.8 Å². The summed E-state index contributed by atoms with van der Waals surface area (Å²) in [7, 11) is -3.30. The van der Waals surface area contributed by atoms with E-state index in [4.69, 9.17) is 5.14 Å². The molecule has 0 aliphatic heterocycles. The number of hydrogen-bond acceptors (Lipinski definition) is 2. The van der Waals surface area contributed by atoms with Crippen molar-refractivity contribution in [3.8, 4) is 0 Å². The molecule has 2 N–H and O–H groups in total. The lowest BCUT2D eigenvalue weighted by molar-refractivity contribution is 0.581. The molecule has 0 saturated heterocycles. The lowest BCUT2D eigenvalue weighted by Gasteiger charge is -2.03. The van der Waals surface area contributed by atoms with E-state index in [-0.39, 0.29) is 11.7 Å². The molecule has 0 saturated carbocycles. The van der Waals surface area contributed by atoms with Crippen LogP contribution in [-0.4, -0.2) is 14.2 Å². The van der Waals surface area contributed by atoms with Crippen LogP contribution in [0.1, 0.15) is 13.3 Å². The van der Waals surface area contributed by atoms with Crippen LogP contribution in [0.4, 0.5) is 0 Å². The van der Waals surface area contributed by atoms with Gasteiger partial charge >= 0.3 is 0 Å². The Hall–Kier alpha value is -0.0900. The van der Waals surface area contributed by atoms with Crippen LogP contribution < -0.4 is 5.14 Å². The molecule has 0 fully saturated rings. The highest BCUT2D eigenvalue weighted by Crippen LogP contribution is 2.00. The van der Waals surface area contributed by atoms with E-state index in [0.29, 0.717) is 0 Å². The van der Waals surface area contributed by atoms with Gasteiger partial charge in [-0.2, -0.15) is 0 Å². The van der Waals surface area contributed by atoms with Gasteiger partial charge in [-0.3, -0.25) is 0 Å². The summed E-state index contributed by atoms with van der Waals surface area (Å²) in [5.41, 5.74) is 0. The first-order valence-electron chi connectivity index (χ1n) is 2.79. The van der Waals surface area contributed by atoms with Crippen molar-refractivity contribution >= 4 is 10.0 Å². The summed E-state index contributed by atoms with van der Waals surface area (Å²) in [6.45, 7) is 5.46. The van der Waals surface area contributed by atoms with Gasteiger partial charge in [-0.25, -0.2) is 13.6 Å². The lowest BCUT2D eigenvalue weighted by Crippen LogP contribution is -2.21. The van der Waals surface area contributed by atoms with Crippen molar-refractivity contribution in [2.75, 3.05) is 5.75 Å². The minimum absolute atomic E-state index is 0.0104. The fraction of sp³-hybridized carbons (Fsp3) is 0.800. The predicted octanol–water partition coefficient (Wildman–Crippen LogP) is 0.135. The number of rotatable bonds is 3. The fourth-order valence-corrected chi connectivity index (χ4v) is 1.34. The lowest BCUT2D eigenvalue weighted by atomic mass is 10.2. The highest BCUT2D eigenvalue weighted by molar-refractivity contribution is 7.89. The number of nitrogens with two attached hydrogens (primary N) is 1. The minimum atomic E-state index is -3.30. The van der Waals surface area contributed by atoms with Gasteiger partial charge in [0.2, 0.25) is 10.0 Å². The second-order valence-electron chi connectivity index (χ2n) is 2.10. The molecule has 0 aromatic heterocycles. The average molecular weight is 150 g/mol. The van der Waals surface area contributed by atoms with Gasteiger partial charge in [-0.15, -0.1) is 0 Å². The van der Waals surface area contributed by atoms with Crippen LogP contribution in [0.15, 0.2) is 0 Å². The van der Waals surface area contributed by atoms with Crippen LogP contribution in [0.25, 0.3) is 0 Å². The van der Waals surface area contributed by atoms with Crippen LogP contribution in [0.5, 0.6) is 0 Å². The molecular weight excluding hydrogens is 138 g/mol. The zero-order valence-electron chi connectivity index (χ0n) is 5.50. The van der Waals surface area contributed by atoms with Gasteiger partial charge in [0.15, 0.2) is 0 Å². The Morgan fingerprint density at radius 2 is 2.11 bits per heavy atom. The largest absolute Gasteiger partial charge is 0.229 e. The van der Waals surface area contributed by atoms with Crippen molar-refractivity contribution in [3.63, 3.8) is 0 Å².